The third-order valence-corrected chi connectivity index (χ3v) is 5.11. The minimum atomic E-state index is -4.51. The number of carbonyl (C=O) groups excluding carboxylic acids is 1. The van der Waals surface area contributed by atoms with Crippen LogP contribution >= 0.6 is 22.9 Å². The van der Waals surface area contributed by atoms with Gasteiger partial charge in [-0.3, -0.25) is 4.79 Å². The first-order chi connectivity index (χ1) is 13.2. The van der Waals surface area contributed by atoms with Gasteiger partial charge in [-0.05, 0) is 42.0 Å². The second kappa shape index (κ2) is 7.65. The molecule has 0 unspecified atom stereocenters. The predicted molar refractivity (Wildman–Crippen MR) is 101 cm³/mol. The number of hydrogen-bond acceptors (Lipinski definition) is 3. The molecule has 2 N–H and O–H groups in total. The van der Waals surface area contributed by atoms with Gasteiger partial charge in [0.15, 0.2) is 0 Å². The van der Waals surface area contributed by atoms with Crippen LogP contribution < -0.4 is 5.32 Å². The van der Waals surface area contributed by atoms with Crippen LogP contribution in [0.25, 0.3) is 10.4 Å². The van der Waals surface area contributed by atoms with Crippen molar-refractivity contribution in [2.45, 2.75) is 6.18 Å². The van der Waals surface area contributed by atoms with Crippen LogP contribution in [0.3, 0.4) is 0 Å². The molecule has 1 heterocycles. The van der Waals surface area contributed by atoms with E-state index in [-0.39, 0.29) is 16.8 Å². The maximum Gasteiger partial charge on any atom is 0.416 e. The zero-order valence-electron chi connectivity index (χ0n) is 13.9. The molecule has 0 fully saturated rings. The van der Waals surface area contributed by atoms with Gasteiger partial charge in [0.2, 0.25) is 0 Å². The van der Waals surface area contributed by atoms with Crippen LogP contribution in [0.5, 0.6) is 0 Å². The number of thiophene rings is 1. The Bertz CT molecular complexity index is 1030. The summed E-state index contributed by atoms with van der Waals surface area (Å²) in [5, 5.41) is 14.0. The number of carbonyl (C=O) groups is 2. The van der Waals surface area contributed by atoms with Crippen molar-refractivity contribution in [3.05, 3.63) is 75.6 Å². The van der Waals surface area contributed by atoms with Gasteiger partial charge in [-0.25, -0.2) is 4.79 Å². The van der Waals surface area contributed by atoms with Gasteiger partial charge < -0.3 is 10.4 Å². The Kier molecular flexibility index (Phi) is 5.44. The minimum Gasteiger partial charge on any atom is -0.478 e. The van der Waals surface area contributed by atoms with Gasteiger partial charge in [-0.2, -0.15) is 13.2 Å². The molecule has 28 heavy (non-hydrogen) atoms. The van der Waals surface area contributed by atoms with Gasteiger partial charge in [0, 0.05) is 16.0 Å². The maximum atomic E-state index is 12.6. The number of anilines is 1. The number of hydrogen-bond donors (Lipinski definition) is 2. The summed E-state index contributed by atoms with van der Waals surface area (Å²) in [5.74, 6) is -1.95. The molecule has 0 spiro atoms. The average molecular weight is 426 g/mol. The van der Waals surface area contributed by atoms with E-state index in [2.05, 4.69) is 5.32 Å². The van der Waals surface area contributed by atoms with Gasteiger partial charge in [0.25, 0.3) is 5.91 Å². The molecule has 0 aliphatic heterocycles. The molecular weight excluding hydrogens is 415 g/mol. The molecule has 0 saturated carbocycles. The summed E-state index contributed by atoms with van der Waals surface area (Å²) in [6.45, 7) is 0. The van der Waals surface area contributed by atoms with Crippen LogP contribution in [-0.4, -0.2) is 17.0 Å². The number of carboxylic acid groups (broad SMARTS) is 1. The Labute approximate surface area is 166 Å². The molecule has 0 aliphatic carbocycles. The second-order valence-corrected chi connectivity index (χ2v) is 7.01. The van der Waals surface area contributed by atoms with Crippen molar-refractivity contribution in [1.82, 2.24) is 0 Å². The molecule has 0 bridgehead atoms. The largest absolute Gasteiger partial charge is 0.478 e. The van der Waals surface area contributed by atoms with E-state index in [0.29, 0.717) is 15.5 Å². The first kappa shape index (κ1) is 19.9. The molecule has 3 rings (SSSR count). The zero-order valence-corrected chi connectivity index (χ0v) is 15.5. The molecule has 0 radical (unpaired) electrons. The molecule has 1 aromatic heterocycles. The summed E-state index contributed by atoms with van der Waals surface area (Å²) in [5.41, 5.74) is -0.332. The molecule has 2 aromatic carbocycles. The molecule has 0 atom stereocenters. The van der Waals surface area contributed by atoms with Crippen molar-refractivity contribution in [2.75, 3.05) is 5.32 Å². The highest BCUT2D eigenvalue weighted by atomic mass is 35.5. The monoisotopic (exact) mass is 425 g/mol. The molecule has 144 valence electrons. The van der Waals surface area contributed by atoms with E-state index in [0.717, 1.165) is 35.6 Å². The Balaban J connectivity index is 1.89. The van der Waals surface area contributed by atoms with E-state index >= 15 is 0 Å². The van der Waals surface area contributed by atoms with Crippen LogP contribution in [0.4, 0.5) is 18.9 Å². The van der Waals surface area contributed by atoms with Crippen LogP contribution in [-0.2, 0) is 6.18 Å². The zero-order chi connectivity index (χ0) is 20.5. The smallest absolute Gasteiger partial charge is 0.416 e. The van der Waals surface area contributed by atoms with Gasteiger partial charge in [-0.15, -0.1) is 11.3 Å². The summed E-state index contributed by atoms with van der Waals surface area (Å²) >= 11 is 6.96. The quantitative estimate of drug-likeness (QED) is 0.535. The fraction of sp³-hybridized carbons (Fsp3) is 0.0526. The van der Waals surface area contributed by atoms with Crippen molar-refractivity contribution in [3.8, 4) is 10.4 Å². The standard InChI is InChI=1S/C19H11ClF3NO3S/c20-13-7-3-10(4-8-13)16-15(18(26)27)14(9-28-16)24-17(25)11-1-5-12(6-2-11)19(21,22)23/h1-9H,(H,24,25)(H,26,27). The molecule has 0 aliphatic rings. The number of amides is 1. The van der Waals surface area contributed by atoms with Crippen LogP contribution in [0.15, 0.2) is 53.9 Å². The fourth-order valence-corrected chi connectivity index (χ4v) is 3.61. The van der Waals surface area contributed by atoms with E-state index in [1.807, 2.05) is 0 Å². The van der Waals surface area contributed by atoms with Crippen LogP contribution in [0, 0.1) is 0 Å². The number of benzene rings is 2. The SMILES string of the molecule is O=C(Nc1csc(-c2ccc(Cl)cc2)c1C(=O)O)c1ccc(C(F)(F)F)cc1. The van der Waals surface area contributed by atoms with Crippen molar-refractivity contribution < 1.29 is 27.9 Å². The summed E-state index contributed by atoms with van der Waals surface area (Å²) in [7, 11) is 0. The lowest BCUT2D eigenvalue weighted by molar-refractivity contribution is -0.137. The summed E-state index contributed by atoms with van der Waals surface area (Å²) in [6.07, 6.45) is -4.51. The Hall–Kier alpha value is -2.84. The average Bonchev–Trinajstić information content (AvgIpc) is 3.05. The predicted octanol–water partition coefficient (Wildman–Crippen LogP) is 6.04. The first-order valence-corrected chi connectivity index (χ1v) is 9.02. The van der Waals surface area contributed by atoms with Crippen molar-refractivity contribution in [2.24, 2.45) is 0 Å². The summed E-state index contributed by atoms with van der Waals surface area (Å²) in [6, 6.07) is 10.2. The highest BCUT2D eigenvalue weighted by Crippen LogP contribution is 2.37. The van der Waals surface area contributed by atoms with Crippen molar-refractivity contribution in [1.29, 1.82) is 0 Å². The highest BCUT2D eigenvalue weighted by Gasteiger charge is 2.30. The Morgan fingerprint density at radius 1 is 1.00 bits per heavy atom. The molecule has 9 heteroatoms. The normalized spacial score (nSPS) is 11.3. The van der Waals surface area contributed by atoms with E-state index in [9.17, 15) is 27.9 Å². The molecule has 0 saturated heterocycles. The minimum absolute atomic E-state index is 0.0245. The van der Waals surface area contributed by atoms with Crippen LogP contribution in [0.1, 0.15) is 26.3 Å². The number of carboxylic acids is 1. The van der Waals surface area contributed by atoms with E-state index in [1.165, 1.54) is 5.38 Å². The first-order valence-electron chi connectivity index (χ1n) is 7.76. The topological polar surface area (TPSA) is 66.4 Å². The van der Waals surface area contributed by atoms with E-state index in [4.69, 9.17) is 11.6 Å². The number of rotatable bonds is 4. The molecule has 1 amide bonds. The lowest BCUT2D eigenvalue weighted by Crippen LogP contribution is -2.14. The third-order valence-electron chi connectivity index (χ3n) is 3.83. The molecule has 4 nitrogen and oxygen atoms in total. The van der Waals surface area contributed by atoms with Gasteiger partial charge in [-0.1, -0.05) is 23.7 Å². The maximum absolute atomic E-state index is 12.6. The lowest BCUT2D eigenvalue weighted by atomic mass is 10.1. The lowest BCUT2D eigenvalue weighted by Gasteiger charge is -2.09. The Morgan fingerprint density at radius 2 is 1.61 bits per heavy atom. The van der Waals surface area contributed by atoms with E-state index in [1.54, 1.807) is 24.3 Å². The number of nitrogens with one attached hydrogen (secondary N) is 1. The van der Waals surface area contributed by atoms with Gasteiger partial charge >= 0.3 is 12.1 Å². The molecular formula is C19H11ClF3NO3S. The van der Waals surface area contributed by atoms with Gasteiger partial charge in [0.1, 0.15) is 5.56 Å². The third kappa shape index (κ3) is 4.18. The van der Waals surface area contributed by atoms with Gasteiger partial charge in [0.05, 0.1) is 16.1 Å². The summed E-state index contributed by atoms with van der Waals surface area (Å²) in [4.78, 5) is 24.5. The number of aromatic carboxylic acids is 1. The fourth-order valence-electron chi connectivity index (χ4n) is 2.48. The number of alkyl halides is 3. The second-order valence-electron chi connectivity index (χ2n) is 5.69. The van der Waals surface area contributed by atoms with Crippen LogP contribution in [0.2, 0.25) is 5.02 Å². The van der Waals surface area contributed by atoms with Crippen molar-refractivity contribution >= 4 is 40.5 Å². The Morgan fingerprint density at radius 3 is 2.14 bits per heavy atom. The molecule has 3 aromatic rings. The summed E-state index contributed by atoms with van der Waals surface area (Å²) < 4.78 is 37.9. The van der Waals surface area contributed by atoms with Crippen molar-refractivity contribution in [3.63, 3.8) is 0 Å². The number of halogens is 4. The highest BCUT2D eigenvalue weighted by molar-refractivity contribution is 7.14. The van der Waals surface area contributed by atoms with E-state index < -0.39 is 23.6 Å².